The maximum absolute atomic E-state index is 13.5. The Balaban J connectivity index is 1.94. The molecule has 0 fully saturated rings. The van der Waals surface area contributed by atoms with Gasteiger partial charge in [-0.15, -0.1) is 0 Å². The highest BCUT2D eigenvalue weighted by Gasteiger charge is 2.08. The van der Waals surface area contributed by atoms with Gasteiger partial charge in [-0.25, -0.2) is 4.39 Å². The first-order valence-corrected chi connectivity index (χ1v) is 7.10. The van der Waals surface area contributed by atoms with Gasteiger partial charge in [-0.1, -0.05) is 19.1 Å². The first-order chi connectivity index (χ1) is 10.2. The van der Waals surface area contributed by atoms with Crippen molar-refractivity contribution in [1.82, 2.24) is 9.88 Å². The number of hydrogen-bond donors (Lipinski definition) is 2. The Morgan fingerprint density at radius 3 is 2.81 bits per heavy atom. The van der Waals surface area contributed by atoms with Crippen LogP contribution in [0.3, 0.4) is 0 Å². The van der Waals surface area contributed by atoms with Crippen LogP contribution in [0.2, 0.25) is 0 Å². The summed E-state index contributed by atoms with van der Waals surface area (Å²) in [5, 5.41) is 5.89. The number of carbonyl (C=O) groups is 1. The van der Waals surface area contributed by atoms with Gasteiger partial charge in [-0.05, 0) is 37.2 Å². The highest BCUT2D eigenvalue weighted by atomic mass is 19.1. The Morgan fingerprint density at radius 2 is 2.05 bits per heavy atom. The molecule has 5 heteroatoms. The Morgan fingerprint density at radius 1 is 1.24 bits per heavy atom. The third-order valence-electron chi connectivity index (χ3n) is 3.12. The molecule has 0 saturated heterocycles. The predicted octanol–water partition coefficient (Wildman–Crippen LogP) is 2.77. The van der Waals surface area contributed by atoms with Gasteiger partial charge in [0.1, 0.15) is 12.4 Å². The molecule has 0 aliphatic rings. The van der Waals surface area contributed by atoms with Crippen LogP contribution in [0.4, 0.5) is 10.1 Å². The quantitative estimate of drug-likeness (QED) is 0.770. The fourth-order valence-electron chi connectivity index (χ4n) is 2.06. The third kappa shape index (κ3) is 4.43. The molecule has 1 heterocycles. The minimum absolute atomic E-state index is 0.171. The number of halogens is 1. The van der Waals surface area contributed by atoms with Crippen LogP contribution < -0.4 is 10.6 Å². The highest BCUT2D eigenvalue weighted by Crippen LogP contribution is 2.12. The molecule has 4 nitrogen and oxygen atoms in total. The van der Waals surface area contributed by atoms with E-state index in [1.807, 2.05) is 22.9 Å². The van der Waals surface area contributed by atoms with Crippen molar-refractivity contribution < 1.29 is 9.18 Å². The van der Waals surface area contributed by atoms with Crippen molar-refractivity contribution in [2.75, 3.05) is 11.9 Å². The number of hydrogen-bond acceptors (Lipinski definition) is 2. The summed E-state index contributed by atoms with van der Waals surface area (Å²) in [6.07, 6.45) is 2.92. The molecule has 0 saturated carbocycles. The molecule has 2 aromatic rings. The maximum Gasteiger partial charge on any atom is 0.244 e. The summed E-state index contributed by atoms with van der Waals surface area (Å²) in [5.41, 5.74) is 1.24. The molecule has 1 amide bonds. The van der Waals surface area contributed by atoms with Gasteiger partial charge in [0, 0.05) is 18.4 Å². The Bertz CT molecular complexity index is 595. The van der Waals surface area contributed by atoms with Crippen molar-refractivity contribution in [3.8, 4) is 0 Å². The van der Waals surface area contributed by atoms with Gasteiger partial charge in [-0.2, -0.15) is 0 Å². The Hall–Kier alpha value is -2.14. The molecule has 0 unspecified atom stereocenters. The van der Waals surface area contributed by atoms with E-state index in [0.29, 0.717) is 6.54 Å². The number of nitrogens with zero attached hydrogens (tertiary/aromatic N) is 1. The van der Waals surface area contributed by atoms with Gasteiger partial charge in [0.05, 0.1) is 5.69 Å². The van der Waals surface area contributed by atoms with Crippen LogP contribution in [-0.2, 0) is 17.9 Å². The van der Waals surface area contributed by atoms with Crippen LogP contribution in [0.1, 0.15) is 19.0 Å². The molecule has 2 N–H and O–H groups in total. The Labute approximate surface area is 124 Å². The molecule has 0 aliphatic heterocycles. The van der Waals surface area contributed by atoms with Crippen molar-refractivity contribution in [2.24, 2.45) is 0 Å². The Kier molecular flexibility index (Phi) is 5.51. The van der Waals surface area contributed by atoms with Gasteiger partial charge in [-0.3, -0.25) is 4.79 Å². The number of amides is 1. The van der Waals surface area contributed by atoms with E-state index in [4.69, 9.17) is 0 Å². The van der Waals surface area contributed by atoms with Crippen LogP contribution in [0.25, 0.3) is 0 Å². The summed E-state index contributed by atoms with van der Waals surface area (Å²) >= 11 is 0. The highest BCUT2D eigenvalue weighted by molar-refractivity contribution is 5.90. The van der Waals surface area contributed by atoms with Gasteiger partial charge < -0.3 is 15.2 Å². The first-order valence-electron chi connectivity index (χ1n) is 7.10. The normalized spacial score (nSPS) is 10.6. The number of aromatic nitrogens is 1. The fraction of sp³-hybridized carbons (Fsp3) is 0.312. The largest absolute Gasteiger partial charge is 0.341 e. The van der Waals surface area contributed by atoms with E-state index < -0.39 is 5.82 Å². The number of anilines is 1. The molecule has 0 atom stereocenters. The number of benzene rings is 1. The van der Waals surface area contributed by atoms with Crippen molar-refractivity contribution in [3.63, 3.8) is 0 Å². The number of rotatable bonds is 7. The lowest BCUT2D eigenvalue weighted by atomic mass is 10.3. The zero-order chi connectivity index (χ0) is 15.1. The van der Waals surface area contributed by atoms with E-state index >= 15 is 0 Å². The van der Waals surface area contributed by atoms with Crippen LogP contribution in [0.5, 0.6) is 0 Å². The molecule has 0 spiro atoms. The number of para-hydroxylation sites is 1. The van der Waals surface area contributed by atoms with E-state index in [-0.39, 0.29) is 18.1 Å². The minimum atomic E-state index is -0.428. The van der Waals surface area contributed by atoms with Crippen molar-refractivity contribution in [1.29, 1.82) is 0 Å². The molecule has 0 bridgehead atoms. The maximum atomic E-state index is 13.5. The molecule has 21 heavy (non-hydrogen) atoms. The van der Waals surface area contributed by atoms with Gasteiger partial charge in [0.25, 0.3) is 0 Å². The summed E-state index contributed by atoms with van der Waals surface area (Å²) < 4.78 is 15.3. The lowest BCUT2D eigenvalue weighted by Crippen LogP contribution is -2.22. The SMILES string of the molecule is CCCNCc1cccn1CC(=O)Nc1ccccc1F. The van der Waals surface area contributed by atoms with Crippen molar-refractivity contribution in [3.05, 3.63) is 54.1 Å². The van der Waals surface area contributed by atoms with E-state index in [1.165, 1.54) is 6.07 Å². The molecular weight excluding hydrogens is 269 g/mol. The summed E-state index contributed by atoms with van der Waals surface area (Å²) in [4.78, 5) is 12.0. The number of nitrogens with one attached hydrogen (secondary N) is 2. The first kappa shape index (κ1) is 15.3. The van der Waals surface area contributed by atoms with Crippen LogP contribution in [0, 0.1) is 5.82 Å². The topological polar surface area (TPSA) is 46.1 Å². The van der Waals surface area contributed by atoms with Gasteiger partial charge >= 0.3 is 0 Å². The van der Waals surface area contributed by atoms with E-state index in [9.17, 15) is 9.18 Å². The van der Waals surface area contributed by atoms with Crippen LogP contribution in [-0.4, -0.2) is 17.0 Å². The zero-order valence-electron chi connectivity index (χ0n) is 12.1. The second-order valence-corrected chi connectivity index (χ2v) is 4.83. The van der Waals surface area contributed by atoms with Crippen molar-refractivity contribution >= 4 is 11.6 Å². The molecule has 112 valence electrons. The third-order valence-corrected chi connectivity index (χ3v) is 3.12. The number of carbonyl (C=O) groups excluding carboxylic acids is 1. The average molecular weight is 289 g/mol. The standard InChI is InChI=1S/C16H20FN3O/c1-2-9-18-11-13-6-5-10-20(13)12-16(21)19-15-8-4-3-7-14(15)17/h3-8,10,18H,2,9,11-12H2,1H3,(H,19,21). The van der Waals surface area contributed by atoms with E-state index in [1.54, 1.807) is 18.2 Å². The summed E-state index contributed by atoms with van der Waals surface area (Å²) in [7, 11) is 0. The lowest BCUT2D eigenvalue weighted by molar-refractivity contribution is -0.116. The smallest absolute Gasteiger partial charge is 0.244 e. The summed E-state index contributed by atoms with van der Waals surface area (Å²) in [6.45, 7) is 3.93. The summed E-state index contributed by atoms with van der Waals surface area (Å²) in [5.74, 6) is -0.670. The van der Waals surface area contributed by atoms with Crippen molar-refractivity contribution in [2.45, 2.75) is 26.4 Å². The average Bonchev–Trinajstić information content (AvgIpc) is 2.89. The van der Waals surface area contributed by atoms with E-state index in [0.717, 1.165) is 18.7 Å². The fourth-order valence-corrected chi connectivity index (χ4v) is 2.06. The molecule has 0 radical (unpaired) electrons. The lowest BCUT2D eigenvalue weighted by Gasteiger charge is -2.11. The molecule has 2 rings (SSSR count). The van der Waals surface area contributed by atoms with Crippen LogP contribution in [0.15, 0.2) is 42.6 Å². The minimum Gasteiger partial charge on any atom is -0.341 e. The molecular formula is C16H20FN3O. The molecule has 0 aliphatic carbocycles. The molecule has 1 aromatic carbocycles. The van der Waals surface area contributed by atoms with Gasteiger partial charge in [0.2, 0.25) is 5.91 Å². The van der Waals surface area contributed by atoms with Crippen LogP contribution >= 0.6 is 0 Å². The second-order valence-electron chi connectivity index (χ2n) is 4.83. The predicted molar refractivity (Wildman–Crippen MR) is 81.5 cm³/mol. The summed E-state index contributed by atoms with van der Waals surface area (Å²) in [6, 6.07) is 10.0. The zero-order valence-corrected chi connectivity index (χ0v) is 12.1. The van der Waals surface area contributed by atoms with E-state index in [2.05, 4.69) is 17.6 Å². The molecule has 1 aromatic heterocycles. The van der Waals surface area contributed by atoms with Gasteiger partial charge in [0.15, 0.2) is 0 Å². The monoisotopic (exact) mass is 289 g/mol. The second kappa shape index (κ2) is 7.59.